The van der Waals surface area contributed by atoms with Crippen LogP contribution in [0.2, 0.25) is 0 Å². The Morgan fingerprint density at radius 1 is 1.47 bits per heavy atom. The zero-order valence-corrected chi connectivity index (χ0v) is 9.34. The Bertz CT molecular complexity index is 461. The highest BCUT2D eigenvalue weighted by molar-refractivity contribution is 5.84. The number of non-ortho nitro benzene ring substituents is 1. The van der Waals surface area contributed by atoms with Crippen molar-refractivity contribution in [1.29, 1.82) is 0 Å². The molecular weight excluding hydrogens is 222 g/mol. The first kappa shape index (κ1) is 11.5. The van der Waals surface area contributed by atoms with Crippen molar-refractivity contribution in [3.05, 3.63) is 39.9 Å². The Hall–Kier alpha value is -1.95. The predicted octanol–water partition coefficient (Wildman–Crippen LogP) is 0.744. The van der Waals surface area contributed by atoms with Gasteiger partial charge in [-0.2, -0.15) is 0 Å². The van der Waals surface area contributed by atoms with Gasteiger partial charge in [-0.05, 0) is 12.5 Å². The average molecular weight is 235 g/mol. The predicted molar refractivity (Wildman–Crippen MR) is 61.4 cm³/mol. The lowest BCUT2D eigenvalue weighted by Crippen LogP contribution is -2.52. The highest BCUT2D eigenvalue weighted by Crippen LogP contribution is 2.20. The molecule has 6 heteroatoms. The van der Waals surface area contributed by atoms with Crippen LogP contribution in [0.4, 0.5) is 5.69 Å². The number of nitrogens with zero attached hydrogens (tertiary/aromatic N) is 1. The molecule has 0 aliphatic carbocycles. The van der Waals surface area contributed by atoms with Gasteiger partial charge in [-0.3, -0.25) is 14.9 Å². The summed E-state index contributed by atoms with van der Waals surface area (Å²) >= 11 is 0. The molecule has 1 amide bonds. The van der Waals surface area contributed by atoms with Crippen LogP contribution in [0.1, 0.15) is 18.5 Å². The molecule has 90 valence electrons. The molecule has 1 aromatic carbocycles. The van der Waals surface area contributed by atoms with Crippen LogP contribution < -0.4 is 10.6 Å². The van der Waals surface area contributed by atoms with Crippen LogP contribution in [-0.4, -0.2) is 23.4 Å². The van der Waals surface area contributed by atoms with Crippen molar-refractivity contribution in [2.45, 2.75) is 19.0 Å². The topological polar surface area (TPSA) is 84.3 Å². The van der Waals surface area contributed by atoms with Crippen LogP contribution in [0.25, 0.3) is 0 Å². The van der Waals surface area contributed by atoms with Crippen LogP contribution in [0.15, 0.2) is 24.3 Å². The molecule has 1 heterocycles. The van der Waals surface area contributed by atoms with Gasteiger partial charge in [0, 0.05) is 24.7 Å². The second-order valence-electron chi connectivity index (χ2n) is 4.10. The highest BCUT2D eigenvalue weighted by Gasteiger charge is 2.27. The van der Waals surface area contributed by atoms with E-state index < -0.39 is 11.0 Å². The minimum absolute atomic E-state index is 0.00396. The number of rotatable bonds is 2. The van der Waals surface area contributed by atoms with Gasteiger partial charge in [0.15, 0.2) is 0 Å². The maximum Gasteiger partial charge on any atom is 0.269 e. The van der Waals surface area contributed by atoms with Crippen molar-refractivity contribution in [3.63, 3.8) is 0 Å². The highest BCUT2D eigenvalue weighted by atomic mass is 16.6. The summed E-state index contributed by atoms with van der Waals surface area (Å²) in [5.74, 6) is -0.149. The van der Waals surface area contributed by atoms with Crippen molar-refractivity contribution in [2.75, 3.05) is 6.54 Å². The van der Waals surface area contributed by atoms with Gasteiger partial charge in [0.05, 0.1) is 4.92 Å². The Balaban J connectivity index is 2.25. The number of carbonyl (C=O) groups excluding carboxylic acids is 1. The molecule has 0 bridgehead atoms. The Kier molecular flexibility index (Phi) is 3.06. The second kappa shape index (κ2) is 4.50. The first-order valence-corrected chi connectivity index (χ1v) is 5.36. The molecule has 0 radical (unpaired) electrons. The quantitative estimate of drug-likeness (QED) is 0.585. The average Bonchev–Trinajstić information content (AvgIpc) is 2.29. The van der Waals surface area contributed by atoms with Crippen LogP contribution in [-0.2, 0) is 4.79 Å². The third-order valence-electron chi connectivity index (χ3n) is 2.69. The van der Waals surface area contributed by atoms with Gasteiger partial charge >= 0.3 is 0 Å². The molecule has 2 rings (SSSR count). The molecule has 0 unspecified atom stereocenters. The van der Waals surface area contributed by atoms with Crippen molar-refractivity contribution in [2.24, 2.45) is 0 Å². The number of amides is 1. The largest absolute Gasteiger partial charge is 0.351 e. The van der Waals surface area contributed by atoms with E-state index >= 15 is 0 Å². The lowest BCUT2D eigenvalue weighted by molar-refractivity contribution is -0.384. The van der Waals surface area contributed by atoms with Crippen LogP contribution in [0, 0.1) is 10.1 Å². The first-order chi connectivity index (χ1) is 8.08. The molecule has 1 saturated heterocycles. The fourth-order valence-electron chi connectivity index (χ4n) is 1.85. The van der Waals surface area contributed by atoms with E-state index in [0.29, 0.717) is 12.1 Å². The molecule has 0 saturated carbocycles. The van der Waals surface area contributed by atoms with Crippen LogP contribution in [0.5, 0.6) is 0 Å². The molecule has 1 aliphatic rings. The molecule has 2 atom stereocenters. The normalized spacial score (nSPS) is 24.2. The summed E-state index contributed by atoms with van der Waals surface area (Å²) in [6.07, 6.45) is 0. The fraction of sp³-hybridized carbons (Fsp3) is 0.364. The van der Waals surface area contributed by atoms with E-state index in [4.69, 9.17) is 0 Å². The molecule has 1 aromatic rings. The molecule has 1 fully saturated rings. The molecule has 1 aliphatic heterocycles. The third-order valence-corrected chi connectivity index (χ3v) is 2.69. The van der Waals surface area contributed by atoms with Crippen molar-refractivity contribution >= 4 is 11.6 Å². The molecule has 17 heavy (non-hydrogen) atoms. The SMILES string of the molecule is C[C@H]1CN[C@H](c2cccc([N+](=O)[O-])c2)C(=O)N1. The summed E-state index contributed by atoms with van der Waals surface area (Å²) in [6.45, 7) is 2.55. The molecule has 0 aromatic heterocycles. The Morgan fingerprint density at radius 3 is 2.88 bits per heavy atom. The van der Waals surface area contributed by atoms with Gasteiger partial charge < -0.3 is 10.6 Å². The number of nitro groups is 1. The summed E-state index contributed by atoms with van der Waals surface area (Å²) in [4.78, 5) is 21.9. The van der Waals surface area contributed by atoms with Gasteiger partial charge in [-0.1, -0.05) is 12.1 Å². The number of hydrogen-bond acceptors (Lipinski definition) is 4. The zero-order chi connectivity index (χ0) is 12.4. The summed E-state index contributed by atoms with van der Waals surface area (Å²) in [5, 5.41) is 16.5. The van der Waals surface area contributed by atoms with Gasteiger partial charge in [-0.25, -0.2) is 0 Å². The van der Waals surface area contributed by atoms with Crippen LogP contribution in [0.3, 0.4) is 0 Å². The maximum atomic E-state index is 11.7. The Labute approximate surface area is 98.2 Å². The van der Waals surface area contributed by atoms with Gasteiger partial charge in [-0.15, -0.1) is 0 Å². The fourth-order valence-corrected chi connectivity index (χ4v) is 1.85. The second-order valence-corrected chi connectivity index (χ2v) is 4.10. The number of nitro benzene ring substituents is 1. The molecular formula is C11H13N3O3. The van der Waals surface area contributed by atoms with E-state index in [9.17, 15) is 14.9 Å². The summed E-state index contributed by atoms with van der Waals surface area (Å²) in [7, 11) is 0. The van der Waals surface area contributed by atoms with Gasteiger partial charge in [0.25, 0.3) is 5.69 Å². The minimum Gasteiger partial charge on any atom is -0.351 e. The smallest absolute Gasteiger partial charge is 0.269 e. The van der Waals surface area contributed by atoms with Crippen molar-refractivity contribution < 1.29 is 9.72 Å². The standard InChI is InChI=1S/C11H13N3O3/c1-7-6-12-10(11(15)13-7)8-3-2-4-9(5-8)14(16)17/h2-5,7,10,12H,6H2,1H3,(H,13,15)/t7-,10+/m0/s1. The number of piperazine rings is 1. The number of benzene rings is 1. The van der Waals surface area contributed by atoms with Gasteiger partial charge in [0.1, 0.15) is 6.04 Å². The molecule has 6 nitrogen and oxygen atoms in total. The maximum absolute atomic E-state index is 11.7. The van der Waals surface area contributed by atoms with Crippen molar-refractivity contribution in [1.82, 2.24) is 10.6 Å². The number of carbonyl (C=O) groups is 1. The summed E-state index contributed by atoms with van der Waals surface area (Å²) in [5.41, 5.74) is 0.610. The lowest BCUT2D eigenvalue weighted by atomic mass is 10.0. The Morgan fingerprint density at radius 2 is 2.24 bits per heavy atom. The molecule has 0 spiro atoms. The summed E-state index contributed by atoms with van der Waals surface area (Å²) in [6, 6.07) is 5.70. The van der Waals surface area contributed by atoms with Crippen molar-refractivity contribution in [3.8, 4) is 0 Å². The lowest BCUT2D eigenvalue weighted by Gasteiger charge is -2.28. The van der Waals surface area contributed by atoms with E-state index in [2.05, 4.69) is 10.6 Å². The minimum atomic E-state index is -0.508. The number of nitrogens with one attached hydrogen (secondary N) is 2. The van der Waals surface area contributed by atoms with E-state index in [1.807, 2.05) is 6.92 Å². The number of hydrogen-bond donors (Lipinski definition) is 2. The summed E-state index contributed by atoms with van der Waals surface area (Å²) < 4.78 is 0. The van der Waals surface area contributed by atoms with E-state index in [1.165, 1.54) is 12.1 Å². The molecule has 2 N–H and O–H groups in total. The monoisotopic (exact) mass is 235 g/mol. The zero-order valence-electron chi connectivity index (χ0n) is 9.34. The first-order valence-electron chi connectivity index (χ1n) is 5.36. The van der Waals surface area contributed by atoms with E-state index in [-0.39, 0.29) is 17.6 Å². The van der Waals surface area contributed by atoms with Crippen LogP contribution >= 0.6 is 0 Å². The third kappa shape index (κ3) is 2.42. The van der Waals surface area contributed by atoms with E-state index in [0.717, 1.165) is 0 Å². The van der Waals surface area contributed by atoms with Gasteiger partial charge in [0.2, 0.25) is 5.91 Å². The van der Waals surface area contributed by atoms with E-state index in [1.54, 1.807) is 12.1 Å².